The fourth-order valence-corrected chi connectivity index (χ4v) is 2.21. The lowest BCUT2D eigenvalue weighted by atomic mass is 10.1. The summed E-state index contributed by atoms with van der Waals surface area (Å²) in [6.07, 6.45) is 0. The van der Waals surface area contributed by atoms with Crippen LogP contribution in [0, 0.1) is 5.82 Å². The van der Waals surface area contributed by atoms with Crippen molar-refractivity contribution in [1.29, 1.82) is 0 Å². The monoisotopic (exact) mass is 292 g/mol. The molecule has 0 aliphatic carbocycles. The van der Waals surface area contributed by atoms with Crippen LogP contribution in [0.2, 0.25) is 0 Å². The highest BCUT2D eigenvalue weighted by Crippen LogP contribution is 2.25. The zero-order valence-corrected chi connectivity index (χ0v) is 10.3. The molecule has 96 valence electrons. The maximum atomic E-state index is 13.0. The number of benzene rings is 1. The van der Waals surface area contributed by atoms with E-state index >= 15 is 0 Å². The Morgan fingerprint density at radius 1 is 1.28 bits per heavy atom. The zero-order valence-electron chi connectivity index (χ0n) is 8.72. The first-order valence-electron chi connectivity index (χ1n) is 4.66. The molecule has 2 aromatic rings. The molecule has 5 nitrogen and oxygen atoms in total. The molecule has 0 unspecified atom stereocenters. The number of rotatable bonds is 3. The van der Waals surface area contributed by atoms with Crippen molar-refractivity contribution in [3.05, 3.63) is 46.5 Å². The molecular formula is C10H6ClFO5S. The minimum Gasteiger partial charge on any atom is -0.394 e. The first-order valence-corrected chi connectivity index (χ1v) is 7.14. The molecular weight excluding hydrogens is 287 g/mol. The van der Waals surface area contributed by atoms with Crippen molar-refractivity contribution in [2.75, 3.05) is 0 Å². The third-order valence-corrected chi connectivity index (χ3v) is 2.97. The van der Waals surface area contributed by atoms with Crippen molar-refractivity contribution in [2.45, 2.75) is 5.75 Å². The largest absolute Gasteiger partial charge is 0.519 e. The third-order valence-electron chi connectivity index (χ3n) is 2.04. The summed E-state index contributed by atoms with van der Waals surface area (Å²) in [5.41, 5.74) is 0.191. The molecule has 0 saturated heterocycles. The molecule has 0 amide bonds. The molecule has 0 N–H and O–H groups in total. The Labute approximate surface area is 105 Å². The average molecular weight is 293 g/mol. The van der Waals surface area contributed by atoms with Crippen LogP contribution in [0.3, 0.4) is 0 Å². The predicted octanol–water partition coefficient (Wildman–Crippen LogP) is 2.11. The summed E-state index contributed by atoms with van der Waals surface area (Å²) in [4.78, 5) is 11.0. The topological polar surface area (TPSA) is 77.5 Å². The van der Waals surface area contributed by atoms with Crippen LogP contribution in [-0.4, -0.2) is 8.42 Å². The number of hydrogen-bond donors (Lipinski definition) is 0. The van der Waals surface area contributed by atoms with E-state index in [1.54, 1.807) is 0 Å². The number of hydrogen-bond acceptors (Lipinski definition) is 5. The molecule has 1 aromatic heterocycles. The van der Waals surface area contributed by atoms with Crippen LogP contribution in [0.25, 0.3) is 11.3 Å². The van der Waals surface area contributed by atoms with E-state index in [1.807, 2.05) is 0 Å². The van der Waals surface area contributed by atoms with Gasteiger partial charge < -0.3 is 8.83 Å². The van der Waals surface area contributed by atoms with E-state index in [9.17, 15) is 17.6 Å². The molecule has 0 saturated carbocycles. The normalized spacial score (nSPS) is 11.7. The minimum absolute atomic E-state index is 0.149. The van der Waals surface area contributed by atoms with Crippen molar-refractivity contribution >= 4 is 19.7 Å². The molecule has 0 radical (unpaired) electrons. The second-order valence-electron chi connectivity index (χ2n) is 3.40. The lowest BCUT2D eigenvalue weighted by Gasteiger charge is -1.98. The van der Waals surface area contributed by atoms with Crippen LogP contribution in [0.1, 0.15) is 5.76 Å². The van der Waals surface area contributed by atoms with Gasteiger partial charge in [-0.15, -0.1) is 0 Å². The van der Waals surface area contributed by atoms with E-state index in [4.69, 9.17) is 10.7 Å². The van der Waals surface area contributed by atoms with Gasteiger partial charge in [-0.25, -0.2) is 17.6 Å². The highest BCUT2D eigenvalue weighted by atomic mass is 35.7. The van der Waals surface area contributed by atoms with Gasteiger partial charge in [0.1, 0.15) is 11.6 Å². The maximum Gasteiger partial charge on any atom is 0.519 e. The molecule has 0 fully saturated rings. The van der Waals surface area contributed by atoms with Gasteiger partial charge in [0.25, 0.3) is 0 Å². The molecule has 0 atom stereocenters. The van der Waals surface area contributed by atoms with Gasteiger partial charge in [0.05, 0.1) is 0 Å². The summed E-state index contributed by atoms with van der Waals surface area (Å²) < 4.78 is 44.2. The Kier molecular flexibility index (Phi) is 3.27. The van der Waals surface area contributed by atoms with Crippen LogP contribution < -0.4 is 5.82 Å². The lowest BCUT2D eigenvalue weighted by molar-refractivity contribution is 0.380. The van der Waals surface area contributed by atoms with Gasteiger partial charge in [-0.1, -0.05) is 12.1 Å². The first kappa shape index (κ1) is 12.8. The van der Waals surface area contributed by atoms with E-state index in [-0.39, 0.29) is 17.1 Å². The van der Waals surface area contributed by atoms with Crippen molar-refractivity contribution in [3.63, 3.8) is 0 Å². The minimum atomic E-state index is -3.92. The molecule has 2 rings (SSSR count). The van der Waals surface area contributed by atoms with Gasteiger partial charge in [-0.05, 0) is 12.1 Å². The Morgan fingerprint density at radius 3 is 2.61 bits per heavy atom. The van der Waals surface area contributed by atoms with Crippen LogP contribution in [0.15, 0.2) is 37.9 Å². The van der Waals surface area contributed by atoms with Crippen LogP contribution in [0.5, 0.6) is 0 Å². The van der Waals surface area contributed by atoms with Crippen LogP contribution in [-0.2, 0) is 14.8 Å². The molecule has 0 aliphatic heterocycles. The van der Waals surface area contributed by atoms with Crippen molar-refractivity contribution < 1.29 is 21.6 Å². The van der Waals surface area contributed by atoms with Gasteiger partial charge in [0, 0.05) is 16.2 Å². The Hall–Kier alpha value is -1.60. The Balaban J connectivity index is 2.55. The average Bonchev–Trinajstić information content (AvgIpc) is 2.56. The zero-order chi connectivity index (χ0) is 13.3. The standard InChI is InChI=1S/C10H6ClFO5S/c11-18(14,15)5-8-9(17-10(13)16-8)6-2-1-3-7(12)4-6/h1-4H,5H2. The van der Waals surface area contributed by atoms with Gasteiger partial charge in [-0.2, -0.15) is 0 Å². The first-order chi connectivity index (χ1) is 8.35. The fraction of sp³-hybridized carbons (Fsp3) is 0.100. The van der Waals surface area contributed by atoms with Gasteiger partial charge in [0.15, 0.2) is 11.5 Å². The molecule has 8 heteroatoms. The molecule has 0 aliphatic rings. The second kappa shape index (κ2) is 4.58. The molecule has 0 bridgehead atoms. The van der Waals surface area contributed by atoms with Crippen molar-refractivity contribution in [3.8, 4) is 11.3 Å². The van der Waals surface area contributed by atoms with E-state index in [1.165, 1.54) is 18.2 Å². The Morgan fingerprint density at radius 2 is 2.00 bits per heavy atom. The van der Waals surface area contributed by atoms with Gasteiger partial charge in [-0.3, -0.25) is 0 Å². The van der Waals surface area contributed by atoms with Gasteiger partial charge >= 0.3 is 5.82 Å². The number of halogens is 2. The molecule has 18 heavy (non-hydrogen) atoms. The SMILES string of the molecule is O=c1oc(CS(=O)(=O)Cl)c(-c2cccc(F)c2)o1. The summed E-state index contributed by atoms with van der Waals surface area (Å²) >= 11 is 0. The predicted molar refractivity (Wildman–Crippen MR) is 61.1 cm³/mol. The highest BCUT2D eigenvalue weighted by molar-refractivity contribution is 8.13. The van der Waals surface area contributed by atoms with E-state index < -0.39 is 26.4 Å². The molecule has 1 heterocycles. The Bertz CT molecular complexity index is 731. The molecule has 0 spiro atoms. The van der Waals surface area contributed by atoms with Crippen LogP contribution >= 0.6 is 10.7 Å². The fourth-order valence-electron chi connectivity index (χ4n) is 1.41. The third kappa shape index (κ3) is 2.99. The van der Waals surface area contributed by atoms with E-state index in [0.717, 1.165) is 6.07 Å². The van der Waals surface area contributed by atoms with Crippen LogP contribution in [0.4, 0.5) is 4.39 Å². The second-order valence-corrected chi connectivity index (χ2v) is 6.18. The maximum absolute atomic E-state index is 13.0. The van der Waals surface area contributed by atoms with Crippen molar-refractivity contribution in [1.82, 2.24) is 0 Å². The summed E-state index contributed by atoms with van der Waals surface area (Å²) in [6.45, 7) is 0. The highest BCUT2D eigenvalue weighted by Gasteiger charge is 2.20. The van der Waals surface area contributed by atoms with Gasteiger partial charge in [0.2, 0.25) is 9.05 Å². The summed E-state index contributed by atoms with van der Waals surface area (Å²) in [7, 11) is 1.14. The summed E-state index contributed by atoms with van der Waals surface area (Å²) in [6, 6.07) is 5.11. The van der Waals surface area contributed by atoms with E-state index in [0.29, 0.717) is 0 Å². The summed E-state index contributed by atoms with van der Waals surface area (Å²) in [5, 5.41) is 0. The smallest absolute Gasteiger partial charge is 0.394 e. The van der Waals surface area contributed by atoms with Crippen molar-refractivity contribution in [2.24, 2.45) is 0 Å². The quantitative estimate of drug-likeness (QED) is 0.810. The molecule has 1 aromatic carbocycles. The van der Waals surface area contributed by atoms with E-state index in [2.05, 4.69) is 8.83 Å². The lowest BCUT2D eigenvalue weighted by Crippen LogP contribution is -1.95. The summed E-state index contributed by atoms with van der Waals surface area (Å²) in [5.74, 6) is -2.77.